The Morgan fingerprint density at radius 2 is 2.08 bits per heavy atom. The van der Waals surface area contributed by atoms with Gasteiger partial charge in [-0.25, -0.2) is 13.6 Å². The number of hydrogen-bond donors (Lipinski definition) is 1. The molecule has 7 heteroatoms. The highest BCUT2D eigenvalue weighted by molar-refractivity contribution is 6.25. The van der Waals surface area contributed by atoms with Crippen LogP contribution in [0.15, 0.2) is 36.0 Å². The van der Waals surface area contributed by atoms with E-state index in [-0.39, 0.29) is 23.4 Å². The normalized spacial score (nSPS) is 13.9. The molecule has 0 unspecified atom stereocenters. The van der Waals surface area contributed by atoms with Gasteiger partial charge >= 0.3 is 5.97 Å². The van der Waals surface area contributed by atoms with Crippen LogP contribution < -0.4 is 5.32 Å². The first-order valence-corrected chi connectivity index (χ1v) is 7.24. The van der Waals surface area contributed by atoms with Crippen LogP contribution in [0.5, 0.6) is 0 Å². The zero-order chi connectivity index (χ0) is 17.7. The lowest BCUT2D eigenvalue weighted by Crippen LogP contribution is -2.30. The number of esters is 1. The molecule has 0 heterocycles. The highest BCUT2D eigenvalue weighted by Crippen LogP contribution is 2.24. The minimum Gasteiger partial charge on any atom is -0.463 e. The van der Waals surface area contributed by atoms with Crippen molar-refractivity contribution in [2.75, 3.05) is 13.2 Å². The molecule has 0 bridgehead atoms. The van der Waals surface area contributed by atoms with Gasteiger partial charge in [0.2, 0.25) is 5.78 Å². The zero-order valence-corrected chi connectivity index (χ0v) is 12.8. The summed E-state index contributed by atoms with van der Waals surface area (Å²) in [5.74, 6) is -1.61. The second kappa shape index (κ2) is 7.63. The molecule has 1 aliphatic carbocycles. The van der Waals surface area contributed by atoms with E-state index >= 15 is 0 Å². The first-order chi connectivity index (χ1) is 11.4. The van der Waals surface area contributed by atoms with E-state index in [9.17, 15) is 23.2 Å². The number of rotatable bonds is 6. The molecule has 0 fully saturated rings. The topological polar surface area (TPSA) is 72.5 Å². The molecule has 2 rings (SSSR count). The molecule has 0 saturated heterocycles. The van der Waals surface area contributed by atoms with Crippen molar-refractivity contribution in [2.45, 2.75) is 13.3 Å². The Balaban J connectivity index is 2.32. The lowest BCUT2D eigenvalue weighted by atomic mass is 9.88. The maximum Gasteiger partial charge on any atom is 0.330 e. The van der Waals surface area contributed by atoms with Gasteiger partial charge < -0.3 is 10.1 Å². The van der Waals surface area contributed by atoms with Crippen molar-refractivity contribution in [1.82, 2.24) is 5.32 Å². The first kappa shape index (κ1) is 17.5. The second-order valence-electron chi connectivity index (χ2n) is 4.88. The van der Waals surface area contributed by atoms with Crippen LogP contribution in [0.1, 0.15) is 33.2 Å². The summed E-state index contributed by atoms with van der Waals surface area (Å²) in [7, 11) is 0. The van der Waals surface area contributed by atoms with Gasteiger partial charge in [0.25, 0.3) is 6.43 Å². The van der Waals surface area contributed by atoms with E-state index in [0.29, 0.717) is 5.56 Å². The third-order valence-electron chi connectivity index (χ3n) is 3.24. The fourth-order valence-corrected chi connectivity index (χ4v) is 2.25. The molecule has 126 valence electrons. The number of ether oxygens (including phenoxy) is 1. The van der Waals surface area contributed by atoms with Gasteiger partial charge in [-0.2, -0.15) is 0 Å². The molecule has 1 aromatic carbocycles. The van der Waals surface area contributed by atoms with Crippen molar-refractivity contribution < 1.29 is 27.9 Å². The molecular weight excluding hydrogens is 320 g/mol. The minimum absolute atomic E-state index is 0.102. The van der Waals surface area contributed by atoms with Crippen molar-refractivity contribution in [2.24, 2.45) is 0 Å². The Labute approximate surface area is 137 Å². The summed E-state index contributed by atoms with van der Waals surface area (Å²) in [6.07, 6.45) is 0.891. The van der Waals surface area contributed by atoms with Gasteiger partial charge in [0.15, 0.2) is 5.78 Å². The largest absolute Gasteiger partial charge is 0.463 e. The molecule has 0 atom stereocenters. The molecular formula is C17H15F2NO4. The third-order valence-corrected chi connectivity index (χ3v) is 3.24. The minimum atomic E-state index is -2.64. The van der Waals surface area contributed by atoms with Crippen molar-refractivity contribution in [3.63, 3.8) is 0 Å². The highest BCUT2D eigenvalue weighted by atomic mass is 19.3. The second-order valence-corrected chi connectivity index (χ2v) is 4.88. The summed E-state index contributed by atoms with van der Waals surface area (Å²) in [6, 6.07) is 4.56. The fourth-order valence-electron chi connectivity index (χ4n) is 2.25. The van der Waals surface area contributed by atoms with Crippen molar-refractivity contribution in [1.29, 1.82) is 0 Å². The molecule has 24 heavy (non-hydrogen) atoms. The zero-order valence-electron chi connectivity index (χ0n) is 12.8. The van der Waals surface area contributed by atoms with Crippen LogP contribution in [-0.4, -0.2) is 37.1 Å². The Morgan fingerprint density at radius 1 is 1.33 bits per heavy atom. The van der Waals surface area contributed by atoms with Crippen molar-refractivity contribution >= 4 is 23.6 Å². The van der Waals surface area contributed by atoms with Crippen LogP contribution in [0, 0.1) is 0 Å². The standard InChI is InChI=1S/C17H15F2NO4/c1-2-24-15(22)7-6-10-4-3-5-11-16(10)13(21)8-12(17(11)23)20-9-14(18)19/h3-8,14,20H,2,9H2,1H3/b7-6+. The third kappa shape index (κ3) is 3.92. The maximum atomic E-state index is 12.3. The summed E-state index contributed by atoms with van der Waals surface area (Å²) >= 11 is 0. The van der Waals surface area contributed by atoms with Crippen LogP contribution in [-0.2, 0) is 9.53 Å². The fraction of sp³-hybridized carbons (Fsp3) is 0.235. The molecule has 0 saturated carbocycles. The number of ketones is 2. The number of benzene rings is 1. The number of Topliss-reactive ketones (excluding diaryl/α,β-unsaturated/α-hetero) is 1. The smallest absolute Gasteiger partial charge is 0.330 e. The predicted octanol–water partition coefficient (Wildman–Crippen LogP) is 2.38. The number of carbonyl (C=O) groups excluding carboxylic acids is 3. The first-order valence-electron chi connectivity index (χ1n) is 7.24. The quantitative estimate of drug-likeness (QED) is 0.638. The Kier molecular flexibility index (Phi) is 5.57. The Bertz CT molecular complexity index is 738. The lowest BCUT2D eigenvalue weighted by Gasteiger charge is -2.18. The van der Waals surface area contributed by atoms with Crippen LogP contribution in [0.25, 0.3) is 6.08 Å². The van der Waals surface area contributed by atoms with Gasteiger partial charge in [0, 0.05) is 23.3 Å². The number of halogens is 2. The van der Waals surface area contributed by atoms with E-state index in [1.165, 1.54) is 12.1 Å². The summed E-state index contributed by atoms with van der Waals surface area (Å²) in [6.45, 7) is 1.16. The average molecular weight is 335 g/mol. The molecule has 0 aromatic heterocycles. The van der Waals surface area contributed by atoms with Crippen LogP contribution in [0.3, 0.4) is 0 Å². The summed E-state index contributed by atoms with van der Waals surface area (Å²) < 4.78 is 29.3. The van der Waals surface area contributed by atoms with E-state index < -0.39 is 30.5 Å². The molecule has 0 spiro atoms. The molecule has 1 aromatic rings. The van der Waals surface area contributed by atoms with Gasteiger partial charge in [0.05, 0.1) is 18.8 Å². The SMILES string of the molecule is CCOC(=O)/C=C/c1cccc2c1C(=O)C=C(NCC(F)F)C2=O. The predicted molar refractivity (Wildman–Crippen MR) is 82.9 cm³/mol. The lowest BCUT2D eigenvalue weighted by molar-refractivity contribution is -0.137. The molecule has 5 nitrogen and oxygen atoms in total. The van der Waals surface area contributed by atoms with Gasteiger partial charge in [-0.15, -0.1) is 0 Å². The highest BCUT2D eigenvalue weighted by Gasteiger charge is 2.27. The average Bonchev–Trinajstić information content (AvgIpc) is 2.54. The van der Waals surface area contributed by atoms with Gasteiger partial charge in [-0.05, 0) is 18.6 Å². The molecule has 1 N–H and O–H groups in total. The number of carbonyl (C=O) groups is 3. The number of allylic oxidation sites excluding steroid dienone is 2. The van der Waals surface area contributed by atoms with E-state index in [2.05, 4.69) is 5.32 Å². The summed E-state index contributed by atoms with van der Waals surface area (Å²) in [4.78, 5) is 36.0. The van der Waals surface area contributed by atoms with Crippen LogP contribution >= 0.6 is 0 Å². The van der Waals surface area contributed by atoms with Crippen molar-refractivity contribution in [3.05, 3.63) is 52.7 Å². The molecule has 1 aliphatic rings. The maximum absolute atomic E-state index is 12.3. The molecule has 0 radical (unpaired) electrons. The van der Waals surface area contributed by atoms with E-state index in [0.717, 1.165) is 12.2 Å². The Hall–Kier alpha value is -2.83. The summed E-state index contributed by atoms with van der Waals surface area (Å²) in [5, 5.41) is 2.28. The molecule has 0 aliphatic heterocycles. The number of fused-ring (bicyclic) bond motifs is 1. The number of hydrogen-bond acceptors (Lipinski definition) is 5. The van der Waals surface area contributed by atoms with Crippen LogP contribution in [0.4, 0.5) is 8.78 Å². The number of alkyl halides is 2. The monoisotopic (exact) mass is 335 g/mol. The van der Waals surface area contributed by atoms with Crippen molar-refractivity contribution in [3.8, 4) is 0 Å². The van der Waals surface area contributed by atoms with E-state index in [1.807, 2.05) is 0 Å². The summed E-state index contributed by atoms with van der Waals surface area (Å²) in [5.41, 5.74) is 0.443. The van der Waals surface area contributed by atoms with E-state index in [4.69, 9.17) is 4.74 Å². The van der Waals surface area contributed by atoms with Gasteiger partial charge in [-0.1, -0.05) is 18.2 Å². The molecule has 0 amide bonds. The van der Waals surface area contributed by atoms with E-state index in [1.54, 1.807) is 19.1 Å². The number of nitrogens with one attached hydrogen (secondary N) is 1. The Morgan fingerprint density at radius 3 is 2.75 bits per heavy atom. The van der Waals surface area contributed by atoms with Gasteiger partial charge in [-0.3, -0.25) is 9.59 Å². The van der Waals surface area contributed by atoms with Crippen LogP contribution in [0.2, 0.25) is 0 Å². The van der Waals surface area contributed by atoms with Gasteiger partial charge in [0.1, 0.15) is 0 Å².